The van der Waals surface area contributed by atoms with E-state index in [1.54, 1.807) is 10.4 Å². The molecule has 0 aliphatic carbocycles. The molecule has 0 N–H and O–H groups in total. The Labute approximate surface area is 246 Å². The quantitative estimate of drug-likeness (QED) is 0.162. The molecule has 0 aliphatic heterocycles. The van der Waals surface area contributed by atoms with E-state index in [1.807, 2.05) is 0 Å². The van der Waals surface area contributed by atoms with Gasteiger partial charge in [-0.25, -0.2) is 4.57 Å². The van der Waals surface area contributed by atoms with Crippen LogP contribution < -0.4 is 14.9 Å². The minimum absolute atomic E-state index is 0.0210. The van der Waals surface area contributed by atoms with Crippen molar-refractivity contribution >= 4 is 37.6 Å². The molecule has 3 aromatic carbocycles. The van der Waals surface area contributed by atoms with Crippen molar-refractivity contribution in [1.29, 1.82) is 0 Å². The van der Waals surface area contributed by atoms with Gasteiger partial charge in [-0.05, 0) is 68.0 Å². The minimum atomic E-state index is -1.48. The van der Waals surface area contributed by atoms with Gasteiger partial charge in [0, 0.05) is 11.1 Å². The molecule has 0 atom stereocenters. The third-order valence-electron chi connectivity index (χ3n) is 8.32. The predicted octanol–water partition coefficient (Wildman–Crippen LogP) is 8.76. The van der Waals surface area contributed by atoms with Crippen molar-refractivity contribution < 1.29 is 4.57 Å². The van der Waals surface area contributed by atoms with Crippen LogP contribution in [-0.4, -0.2) is 20.7 Å². The van der Waals surface area contributed by atoms with Gasteiger partial charge >= 0.3 is 0 Å². The van der Waals surface area contributed by atoms with E-state index in [0.717, 1.165) is 0 Å². The molecule has 1 aromatic heterocycles. The molecule has 2 nitrogen and oxygen atoms in total. The third kappa shape index (κ3) is 5.67. The Balaban J connectivity index is 2.15. The van der Waals surface area contributed by atoms with Gasteiger partial charge < -0.3 is 0 Å². The molecule has 0 bridgehead atoms. The number of imidazole rings is 1. The molecule has 0 amide bonds. The highest BCUT2D eigenvalue weighted by molar-refractivity contribution is 6.91. The van der Waals surface area contributed by atoms with Crippen LogP contribution in [-0.2, 0) is 12.5 Å². The molecule has 40 heavy (non-hydrogen) atoms. The summed E-state index contributed by atoms with van der Waals surface area (Å²) in [5.41, 5.74) is 9.55. The number of hydrogen-bond acceptors (Lipinski definition) is 0. The topological polar surface area (TPSA) is 8.81 Å². The highest BCUT2D eigenvalue weighted by atomic mass is 28.3. The normalized spacial score (nSPS) is 13.2. The molecule has 0 spiro atoms. The summed E-state index contributed by atoms with van der Waals surface area (Å²) in [5, 5.41) is 3.14. The van der Waals surface area contributed by atoms with Gasteiger partial charge in [-0.3, -0.25) is 0 Å². The van der Waals surface area contributed by atoms with E-state index in [9.17, 15) is 0 Å². The first-order valence-electron chi connectivity index (χ1n) is 15.2. The molecule has 1 heterocycles. The second kappa shape index (κ2) is 10.4. The summed E-state index contributed by atoms with van der Waals surface area (Å²) in [6.07, 6.45) is 0. The first kappa shape index (κ1) is 30.5. The average Bonchev–Trinajstić information content (AvgIpc) is 3.14. The fourth-order valence-corrected chi connectivity index (χ4v) is 8.52. The van der Waals surface area contributed by atoms with E-state index < -0.39 is 16.1 Å². The Morgan fingerprint density at radius 3 is 1.55 bits per heavy atom. The molecule has 4 rings (SSSR count). The van der Waals surface area contributed by atoms with E-state index in [2.05, 4.69) is 159 Å². The van der Waals surface area contributed by atoms with E-state index in [4.69, 9.17) is 0 Å². The molecule has 0 radical (unpaired) electrons. The number of para-hydroxylation sites is 2. The number of hydrogen-bond donors (Lipinski definition) is 0. The van der Waals surface area contributed by atoms with Gasteiger partial charge in [-0.15, -0.1) is 0 Å². The summed E-state index contributed by atoms with van der Waals surface area (Å²) in [7, 11) is -0.732. The van der Waals surface area contributed by atoms with Crippen LogP contribution >= 0.6 is 0 Å². The van der Waals surface area contributed by atoms with E-state index >= 15 is 0 Å². The van der Waals surface area contributed by atoms with E-state index in [-0.39, 0.29) is 5.41 Å². The van der Waals surface area contributed by atoms with E-state index in [1.165, 1.54) is 44.8 Å². The third-order valence-corrected chi connectivity index (χ3v) is 12.4. The van der Waals surface area contributed by atoms with Gasteiger partial charge in [0.15, 0.2) is 11.0 Å². The summed E-state index contributed by atoms with van der Waals surface area (Å²) in [6, 6.07) is 21.5. The first-order chi connectivity index (χ1) is 18.3. The van der Waals surface area contributed by atoms with Crippen LogP contribution in [0, 0.1) is 0 Å². The fraction of sp³-hybridized carbons (Fsp3) is 0.472. The van der Waals surface area contributed by atoms with Crippen LogP contribution in [0.3, 0.4) is 0 Å². The van der Waals surface area contributed by atoms with Gasteiger partial charge in [-0.1, -0.05) is 108 Å². The van der Waals surface area contributed by atoms with Gasteiger partial charge in [0.25, 0.3) is 5.82 Å². The summed E-state index contributed by atoms with van der Waals surface area (Å²) in [6.45, 7) is 31.4. The lowest BCUT2D eigenvalue weighted by molar-refractivity contribution is -0.657. The Bertz CT molecular complexity index is 1490. The smallest absolute Gasteiger partial charge is 0.229 e. The zero-order valence-corrected chi connectivity index (χ0v) is 29.7. The van der Waals surface area contributed by atoms with Crippen molar-refractivity contribution in [3.63, 3.8) is 0 Å². The lowest BCUT2D eigenvalue weighted by Crippen LogP contribution is -2.45. The number of benzene rings is 3. The molecular formula is C36H53N2Si2+. The van der Waals surface area contributed by atoms with Gasteiger partial charge in [-0.2, -0.15) is 4.57 Å². The Morgan fingerprint density at radius 2 is 1.12 bits per heavy atom. The Kier molecular flexibility index (Phi) is 7.96. The maximum absolute atomic E-state index is 2.59. The van der Waals surface area contributed by atoms with Crippen molar-refractivity contribution in [2.24, 2.45) is 7.05 Å². The second-order valence-electron chi connectivity index (χ2n) is 15.6. The molecular weight excluding hydrogens is 517 g/mol. The highest BCUT2D eigenvalue weighted by Gasteiger charge is 2.36. The van der Waals surface area contributed by atoms with Crippen LogP contribution in [0.15, 0.2) is 54.6 Å². The van der Waals surface area contributed by atoms with Crippen molar-refractivity contribution in [2.75, 3.05) is 0 Å². The molecule has 4 aromatic rings. The van der Waals surface area contributed by atoms with Crippen molar-refractivity contribution in [2.45, 2.75) is 105 Å². The SMILES string of the molecule is CC(C)c1cc(-c2cc([Si](C)(C)C)cc([Si](C)(C)C)c2)cc(C(C)C)c1-n1c(C(C)(C)C)[n+](C)c2ccccc21. The zero-order valence-electron chi connectivity index (χ0n) is 27.7. The van der Waals surface area contributed by atoms with Crippen molar-refractivity contribution in [3.8, 4) is 16.8 Å². The minimum Gasteiger partial charge on any atom is -0.229 e. The first-order valence-corrected chi connectivity index (χ1v) is 22.2. The Morgan fingerprint density at radius 1 is 0.675 bits per heavy atom. The number of aromatic nitrogens is 2. The largest absolute Gasteiger partial charge is 0.267 e. The summed E-state index contributed by atoms with van der Waals surface area (Å²) in [5.74, 6) is 2.12. The van der Waals surface area contributed by atoms with Crippen molar-refractivity contribution in [3.05, 3.63) is 71.5 Å². The molecule has 4 heteroatoms. The van der Waals surface area contributed by atoms with Gasteiger partial charge in [0.05, 0.1) is 28.6 Å². The van der Waals surface area contributed by atoms with Crippen LogP contribution in [0.4, 0.5) is 0 Å². The highest BCUT2D eigenvalue weighted by Crippen LogP contribution is 2.39. The lowest BCUT2D eigenvalue weighted by atomic mass is 9.87. The fourth-order valence-electron chi connectivity index (χ4n) is 6.03. The molecule has 0 fully saturated rings. The van der Waals surface area contributed by atoms with Crippen LogP contribution in [0.1, 0.15) is 77.3 Å². The number of aryl methyl sites for hydroxylation is 1. The zero-order chi connectivity index (χ0) is 29.9. The molecule has 0 saturated heterocycles. The standard InChI is InChI=1S/C36H53N2Si2/c1-24(2)30-21-27(26-19-28(39(9,10)11)23-29(20-26)40(12,13)14)22-31(25(3)4)34(30)38-33-18-16-15-17-32(33)37(8)35(38)36(5,6)7/h15-25H,1-14H3/q+1. The second-order valence-corrected chi connectivity index (χ2v) is 25.7. The number of rotatable bonds is 6. The van der Waals surface area contributed by atoms with Crippen LogP contribution in [0.25, 0.3) is 27.8 Å². The van der Waals surface area contributed by atoms with Crippen molar-refractivity contribution in [1.82, 2.24) is 4.57 Å². The van der Waals surface area contributed by atoms with Crippen LogP contribution in [0.5, 0.6) is 0 Å². The molecule has 0 saturated carbocycles. The molecule has 214 valence electrons. The summed E-state index contributed by atoms with van der Waals surface area (Å²) in [4.78, 5) is 0. The average molecular weight is 570 g/mol. The number of fused-ring (bicyclic) bond motifs is 1. The maximum Gasteiger partial charge on any atom is 0.267 e. The Hall–Kier alpha value is -2.44. The number of nitrogens with zero attached hydrogens (tertiary/aromatic N) is 2. The lowest BCUT2D eigenvalue weighted by Gasteiger charge is -2.26. The monoisotopic (exact) mass is 569 g/mol. The van der Waals surface area contributed by atoms with Gasteiger partial charge in [0.1, 0.15) is 5.69 Å². The molecule has 0 aliphatic rings. The van der Waals surface area contributed by atoms with E-state index in [0.29, 0.717) is 11.8 Å². The van der Waals surface area contributed by atoms with Crippen LogP contribution in [0.2, 0.25) is 39.3 Å². The molecule has 0 unspecified atom stereocenters. The summed E-state index contributed by atoms with van der Waals surface area (Å²) >= 11 is 0. The maximum atomic E-state index is 2.59. The van der Waals surface area contributed by atoms with Gasteiger partial charge in [0.2, 0.25) is 0 Å². The summed E-state index contributed by atoms with van der Waals surface area (Å²) < 4.78 is 5.00. The predicted molar refractivity (Wildman–Crippen MR) is 183 cm³/mol.